The number of aliphatic hydroxyl groups is 1. The lowest BCUT2D eigenvalue weighted by Crippen LogP contribution is -2.29. The number of aromatic nitrogens is 2. The number of ether oxygens (including phenoxy) is 2. The van der Waals surface area contributed by atoms with E-state index in [0.29, 0.717) is 33.7 Å². The van der Waals surface area contributed by atoms with E-state index in [1.165, 1.54) is 6.92 Å². The van der Waals surface area contributed by atoms with E-state index in [-0.39, 0.29) is 17.9 Å². The molecule has 0 fully saturated rings. The second-order valence-electron chi connectivity index (χ2n) is 8.14. The number of benzene rings is 3. The molecule has 1 atom stereocenters. The highest BCUT2D eigenvalue weighted by Crippen LogP contribution is 2.45. The van der Waals surface area contributed by atoms with E-state index in [1.54, 1.807) is 61.7 Å². The molecule has 8 nitrogen and oxygen atoms in total. The number of carbonyl (C=O) groups is 2. The lowest BCUT2D eigenvalue weighted by atomic mass is 9.88. The number of cyclic esters (lactones) is 1. The summed E-state index contributed by atoms with van der Waals surface area (Å²) in [6.07, 6.45) is 0.233. The van der Waals surface area contributed by atoms with E-state index in [2.05, 4.69) is 14.1 Å². The van der Waals surface area contributed by atoms with Crippen molar-refractivity contribution in [1.82, 2.24) is 8.75 Å². The van der Waals surface area contributed by atoms with Crippen molar-refractivity contribution in [2.75, 3.05) is 12.4 Å². The monoisotopic (exact) mass is 487 g/mol. The topological polar surface area (TPSA) is 111 Å². The maximum atomic E-state index is 13.2. The highest BCUT2D eigenvalue weighted by molar-refractivity contribution is 7.00. The quantitative estimate of drug-likeness (QED) is 0.395. The van der Waals surface area contributed by atoms with Crippen molar-refractivity contribution < 1.29 is 24.2 Å². The Hall–Kier alpha value is -4.08. The second-order valence-corrected chi connectivity index (χ2v) is 8.67. The van der Waals surface area contributed by atoms with Gasteiger partial charge in [-0.1, -0.05) is 18.2 Å². The van der Waals surface area contributed by atoms with Crippen LogP contribution in [0.2, 0.25) is 0 Å². The zero-order valence-electron chi connectivity index (χ0n) is 18.9. The molecule has 0 saturated heterocycles. The first-order valence-electron chi connectivity index (χ1n) is 10.8. The zero-order chi connectivity index (χ0) is 24.6. The van der Waals surface area contributed by atoms with Gasteiger partial charge in [0.05, 0.1) is 24.4 Å². The first-order chi connectivity index (χ1) is 16.9. The van der Waals surface area contributed by atoms with Crippen molar-refractivity contribution in [2.45, 2.75) is 19.1 Å². The van der Waals surface area contributed by atoms with Crippen LogP contribution >= 0.6 is 11.7 Å². The predicted molar refractivity (Wildman–Crippen MR) is 132 cm³/mol. The Kier molecular flexibility index (Phi) is 5.80. The number of hydrogen-bond acceptors (Lipinski definition) is 8. The summed E-state index contributed by atoms with van der Waals surface area (Å²) in [6, 6.07) is 19.3. The van der Waals surface area contributed by atoms with Crippen LogP contribution in [-0.2, 0) is 26.5 Å². The highest BCUT2D eigenvalue weighted by atomic mass is 32.1. The molecule has 1 aliphatic rings. The molecule has 1 aromatic heterocycles. The molecule has 5 rings (SSSR count). The summed E-state index contributed by atoms with van der Waals surface area (Å²) in [6.45, 7) is 1.44. The van der Waals surface area contributed by atoms with Gasteiger partial charge in [-0.25, -0.2) is 4.79 Å². The van der Waals surface area contributed by atoms with Gasteiger partial charge in [-0.2, -0.15) is 8.75 Å². The van der Waals surface area contributed by atoms with Crippen LogP contribution in [0.25, 0.3) is 16.6 Å². The van der Waals surface area contributed by atoms with Crippen LogP contribution in [0.3, 0.4) is 0 Å². The Morgan fingerprint density at radius 1 is 1.06 bits per heavy atom. The van der Waals surface area contributed by atoms with Gasteiger partial charge in [0.15, 0.2) is 0 Å². The molecule has 2 heterocycles. The van der Waals surface area contributed by atoms with Gasteiger partial charge in [-0.15, -0.1) is 0 Å². The van der Waals surface area contributed by atoms with Crippen LogP contribution in [0.15, 0.2) is 72.3 Å². The number of esters is 1. The molecule has 0 bridgehead atoms. The Morgan fingerprint density at radius 2 is 1.77 bits per heavy atom. The van der Waals surface area contributed by atoms with E-state index >= 15 is 0 Å². The number of hydrogen-bond donors (Lipinski definition) is 2. The van der Waals surface area contributed by atoms with Crippen LogP contribution in [-0.4, -0.2) is 32.8 Å². The minimum Gasteiger partial charge on any atom is -0.497 e. The molecule has 2 N–H and O–H groups in total. The van der Waals surface area contributed by atoms with E-state index in [9.17, 15) is 14.7 Å². The van der Waals surface area contributed by atoms with E-state index in [0.717, 1.165) is 22.8 Å². The SMILES string of the molecule is COc1ccc(C2(O)OC(=O)C(c3ccc4nsnc4c3)=C2Cc2ccc(NC(C)=O)cc2)cc1. The van der Waals surface area contributed by atoms with Crippen LogP contribution in [0.5, 0.6) is 5.75 Å². The lowest BCUT2D eigenvalue weighted by Gasteiger charge is -2.26. The molecule has 4 aromatic rings. The third-order valence-electron chi connectivity index (χ3n) is 5.83. The zero-order valence-corrected chi connectivity index (χ0v) is 19.8. The van der Waals surface area contributed by atoms with Crippen molar-refractivity contribution in [3.05, 3.63) is 89.0 Å². The van der Waals surface area contributed by atoms with Crippen molar-refractivity contribution in [2.24, 2.45) is 0 Å². The lowest BCUT2D eigenvalue weighted by molar-refractivity contribution is -0.185. The molecule has 9 heteroatoms. The van der Waals surface area contributed by atoms with Gasteiger partial charge < -0.3 is 19.9 Å². The summed E-state index contributed by atoms with van der Waals surface area (Å²) in [4.78, 5) is 24.5. The molecule has 1 amide bonds. The van der Waals surface area contributed by atoms with Gasteiger partial charge in [-0.05, 0) is 59.7 Å². The van der Waals surface area contributed by atoms with Gasteiger partial charge >= 0.3 is 5.97 Å². The molecular weight excluding hydrogens is 466 g/mol. The maximum absolute atomic E-state index is 13.2. The van der Waals surface area contributed by atoms with Crippen molar-refractivity contribution >= 4 is 45.9 Å². The van der Waals surface area contributed by atoms with Gasteiger partial charge in [0.2, 0.25) is 5.91 Å². The fourth-order valence-corrected chi connectivity index (χ4v) is 4.66. The van der Waals surface area contributed by atoms with Crippen LogP contribution < -0.4 is 10.1 Å². The third kappa shape index (κ3) is 4.27. The fourth-order valence-electron chi connectivity index (χ4n) is 4.14. The van der Waals surface area contributed by atoms with E-state index < -0.39 is 11.8 Å². The molecule has 35 heavy (non-hydrogen) atoms. The number of amides is 1. The maximum Gasteiger partial charge on any atom is 0.342 e. The summed E-state index contributed by atoms with van der Waals surface area (Å²) in [5.41, 5.74) is 4.55. The van der Waals surface area contributed by atoms with Crippen molar-refractivity contribution in [1.29, 1.82) is 0 Å². The second kappa shape index (κ2) is 8.94. The molecule has 1 aliphatic heterocycles. The Morgan fingerprint density at radius 3 is 2.46 bits per heavy atom. The number of carbonyl (C=O) groups excluding carboxylic acids is 2. The number of nitrogens with one attached hydrogen (secondary N) is 1. The largest absolute Gasteiger partial charge is 0.497 e. The van der Waals surface area contributed by atoms with Gasteiger partial charge in [0, 0.05) is 30.2 Å². The molecule has 0 radical (unpaired) electrons. The summed E-state index contributed by atoms with van der Waals surface area (Å²) in [7, 11) is 1.55. The Balaban J connectivity index is 1.63. The number of methoxy groups -OCH3 is 1. The number of nitrogens with zero attached hydrogens (tertiary/aromatic N) is 2. The van der Waals surface area contributed by atoms with Crippen LogP contribution in [0, 0.1) is 0 Å². The van der Waals surface area contributed by atoms with Crippen LogP contribution in [0.4, 0.5) is 5.69 Å². The standard InChI is InChI=1S/C26H21N3O5S/c1-15(30)27-19-8-3-16(4-9-19)13-21-24(17-5-12-22-23(14-17)29-35-28-22)25(31)34-26(21,32)18-6-10-20(33-2)11-7-18/h3-12,14,32H,13H2,1-2H3,(H,27,30). The number of rotatable bonds is 6. The minimum absolute atomic E-state index is 0.168. The molecule has 0 aliphatic carbocycles. The molecule has 0 spiro atoms. The first kappa shape index (κ1) is 22.7. The molecule has 0 saturated carbocycles. The van der Waals surface area contributed by atoms with E-state index in [4.69, 9.17) is 9.47 Å². The van der Waals surface area contributed by atoms with Gasteiger partial charge in [0.1, 0.15) is 16.8 Å². The average Bonchev–Trinajstić information content (AvgIpc) is 3.42. The van der Waals surface area contributed by atoms with Gasteiger partial charge in [-0.3, -0.25) is 4.79 Å². The van der Waals surface area contributed by atoms with E-state index in [1.807, 2.05) is 12.1 Å². The Labute approximate surface area is 205 Å². The summed E-state index contributed by atoms with van der Waals surface area (Å²) >= 11 is 1.09. The molecule has 3 aromatic carbocycles. The highest BCUT2D eigenvalue weighted by Gasteiger charge is 2.48. The van der Waals surface area contributed by atoms with Gasteiger partial charge in [0.25, 0.3) is 5.79 Å². The molecule has 1 unspecified atom stereocenters. The van der Waals surface area contributed by atoms with Crippen molar-refractivity contribution in [3.63, 3.8) is 0 Å². The first-order valence-corrected chi connectivity index (χ1v) is 11.5. The normalized spacial score (nSPS) is 17.5. The fraction of sp³-hybridized carbons (Fsp3) is 0.154. The smallest absolute Gasteiger partial charge is 0.342 e. The van der Waals surface area contributed by atoms with Crippen molar-refractivity contribution in [3.8, 4) is 5.75 Å². The summed E-state index contributed by atoms with van der Waals surface area (Å²) < 4.78 is 19.4. The summed E-state index contributed by atoms with van der Waals surface area (Å²) in [5.74, 6) is -2.15. The molecule has 176 valence electrons. The number of anilines is 1. The minimum atomic E-state index is -1.97. The Bertz CT molecular complexity index is 1460. The summed E-state index contributed by atoms with van der Waals surface area (Å²) in [5, 5.41) is 14.5. The van der Waals surface area contributed by atoms with Crippen LogP contribution in [0.1, 0.15) is 23.6 Å². The average molecular weight is 488 g/mol. The number of fused-ring (bicyclic) bond motifs is 1. The third-order valence-corrected chi connectivity index (χ3v) is 6.39. The predicted octanol–water partition coefficient (Wildman–Crippen LogP) is 4.06. The molecular formula is C26H21N3O5S.